The van der Waals surface area contributed by atoms with Gasteiger partial charge in [0.15, 0.2) is 0 Å². The van der Waals surface area contributed by atoms with Crippen molar-refractivity contribution in [3.8, 4) is 0 Å². The second kappa shape index (κ2) is 9.00. The minimum absolute atomic E-state index is 0.152. The molecule has 0 aromatic heterocycles. The average molecular weight is 342 g/mol. The van der Waals surface area contributed by atoms with Crippen LogP contribution in [0.5, 0.6) is 0 Å². The number of methoxy groups -OCH3 is 1. The first-order chi connectivity index (χ1) is 10.8. The van der Waals surface area contributed by atoms with Crippen LogP contribution in [0.2, 0.25) is 0 Å². The monoisotopic (exact) mass is 342 g/mol. The molecule has 130 valence electrons. The van der Waals surface area contributed by atoms with Crippen LogP contribution in [-0.4, -0.2) is 51.7 Å². The molecule has 0 bridgehead atoms. The molecule has 1 N–H and O–H groups in total. The molecule has 1 aromatic carbocycles. The Kier molecular flexibility index (Phi) is 7.67. The third-order valence-electron chi connectivity index (χ3n) is 3.60. The van der Waals surface area contributed by atoms with Gasteiger partial charge in [0.1, 0.15) is 0 Å². The normalized spacial score (nSPS) is 11.7. The number of carbonyl (C=O) groups excluding carboxylic acids is 1. The lowest BCUT2D eigenvalue weighted by Crippen LogP contribution is -2.39. The lowest BCUT2D eigenvalue weighted by atomic mass is 10.0. The molecule has 0 radical (unpaired) electrons. The number of aryl methyl sites for hydroxylation is 2. The van der Waals surface area contributed by atoms with Gasteiger partial charge >= 0.3 is 0 Å². The summed E-state index contributed by atoms with van der Waals surface area (Å²) in [4.78, 5) is 12.3. The minimum atomic E-state index is -3.46. The second-order valence-corrected chi connectivity index (χ2v) is 7.28. The average Bonchev–Trinajstić information content (AvgIpc) is 2.50. The van der Waals surface area contributed by atoms with Crippen molar-refractivity contribution in [3.63, 3.8) is 0 Å². The van der Waals surface area contributed by atoms with E-state index in [1.54, 1.807) is 0 Å². The maximum absolute atomic E-state index is 12.3. The van der Waals surface area contributed by atoms with Gasteiger partial charge in [0, 0.05) is 19.3 Å². The van der Waals surface area contributed by atoms with Crippen LogP contribution >= 0.6 is 0 Å². The van der Waals surface area contributed by atoms with E-state index in [1.807, 2.05) is 32.0 Å². The van der Waals surface area contributed by atoms with Crippen molar-refractivity contribution < 1.29 is 17.9 Å². The number of nitrogens with zero attached hydrogens (tertiary/aromatic N) is 1. The van der Waals surface area contributed by atoms with Crippen molar-refractivity contribution in [2.45, 2.75) is 26.7 Å². The maximum atomic E-state index is 12.3. The number of rotatable bonds is 9. The summed E-state index contributed by atoms with van der Waals surface area (Å²) in [5.41, 5.74) is 2.88. The fraction of sp³-hybridized carbons (Fsp3) is 0.562. The zero-order valence-electron chi connectivity index (χ0n) is 14.3. The van der Waals surface area contributed by atoms with E-state index in [1.165, 1.54) is 7.11 Å². The lowest BCUT2D eigenvalue weighted by molar-refractivity contribution is -0.116. The number of ether oxygens (including phenoxy) is 1. The SMILES string of the molecule is CCc1cccc(CC)c1NC(=O)CN(CCOC)S(C)(=O)=O. The highest BCUT2D eigenvalue weighted by Gasteiger charge is 2.20. The van der Waals surface area contributed by atoms with Crippen LogP contribution in [0, 0.1) is 0 Å². The van der Waals surface area contributed by atoms with E-state index >= 15 is 0 Å². The molecule has 1 aromatic rings. The van der Waals surface area contributed by atoms with E-state index < -0.39 is 10.0 Å². The summed E-state index contributed by atoms with van der Waals surface area (Å²) in [6.45, 7) is 4.21. The Balaban J connectivity index is 2.90. The van der Waals surface area contributed by atoms with E-state index in [4.69, 9.17) is 4.74 Å². The van der Waals surface area contributed by atoms with E-state index in [0.29, 0.717) is 0 Å². The molecule has 0 aliphatic carbocycles. The molecule has 1 rings (SSSR count). The van der Waals surface area contributed by atoms with Gasteiger partial charge in [-0.3, -0.25) is 4.79 Å². The third kappa shape index (κ3) is 5.93. The molecule has 0 aliphatic rings. The van der Waals surface area contributed by atoms with Gasteiger partial charge < -0.3 is 10.1 Å². The van der Waals surface area contributed by atoms with Gasteiger partial charge in [-0.25, -0.2) is 8.42 Å². The highest BCUT2D eigenvalue weighted by molar-refractivity contribution is 7.88. The minimum Gasteiger partial charge on any atom is -0.383 e. The molecule has 0 atom stereocenters. The number of amides is 1. The Bertz CT molecular complexity index is 607. The van der Waals surface area contributed by atoms with Crippen LogP contribution in [0.4, 0.5) is 5.69 Å². The van der Waals surface area contributed by atoms with Crippen molar-refractivity contribution >= 4 is 21.6 Å². The quantitative estimate of drug-likeness (QED) is 0.740. The fourth-order valence-electron chi connectivity index (χ4n) is 2.30. The Morgan fingerprint density at radius 2 is 1.78 bits per heavy atom. The van der Waals surface area contributed by atoms with E-state index in [9.17, 15) is 13.2 Å². The number of benzene rings is 1. The Labute approximate surface area is 138 Å². The molecule has 0 heterocycles. The molecule has 23 heavy (non-hydrogen) atoms. The predicted molar refractivity (Wildman–Crippen MR) is 92.1 cm³/mol. The molecule has 0 spiro atoms. The molecule has 0 saturated heterocycles. The first kappa shape index (κ1) is 19.6. The van der Waals surface area contributed by atoms with Crippen LogP contribution in [0.1, 0.15) is 25.0 Å². The first-order valence-corrected chi connectivity index (χ1v) is 9.52. The van der Waals surface area contributed by atoms with Crippen LogP contribution in [0.15, 0.2) is 18.2 Å². The van der Waals surface area contributed by atoms with Crippen LogP contribution in [0.25, 0.3) is 0 Å². The zero-order valence-corrected chi connectivity index (χ0v) is 15.1. The van der Waals surface area contributed by atoms with Crippen molar-refractivity contribution in [1.29, 1.82) is 0 Å². The van der Waals surface area contributed by atoms with Crippen LogP contribution < -0.4 is 5.32 Å². The standard InChI is InChI=1S/C16H26N2O4S/c1-5-13-8-7-9-14(6-2)16(13)17-15(19)12-18(10-11-22-3)23(4,20)21/h7-9H,5-6,10-12H2,1-4H3,(H,17,19). The summed E-state index contributed by atoms with van der Waals surface area (Å²) in [5.74, 6) is -0.345. The van der Waals surface area contributed by atoms with Crippen LogP contribution in [-0.2, 0) is 32.4 Å². The summed E-state index contributed by atoms with van der Waals surface area (Å²) in [7, 11) is -1.97. The van der Waals surface area contributed by atoms with E-state index in [2.05, 4.69) is 5.32 Å². The van der Waals surface area contributed by atoms with Crippen LogP contribution in [0.3, 0.4) is 0 Å². The maximum Gasteiger partial charge on any atom is 0.239 e. The van der Waals surface area contributed by atoms with Crippen molar-refractivity contribution in [3.05, 3.63) is 29.3 Å². The fourth-order valence-corrected chi connectivity index (χ4v) is 3.06. The van der Waals surface area contributed by atoms with Crippen molar-refractivity contribution in [2.75, 3.05) is 38.4 Å². The number of carbonyl (C=O) groups is 1. The third-order valence-corrected chi connectivity index (χ3v) is 4.85. The number of hydrogen-bond donors (Lipinski definition) is 1. The highest BCUT2D eigenvalue weighted by atomic mass is 32.2. The van der Waals surface area contributed by atoms with Gasteiger partial charge in [-0.15, -0.1) is 0 Å². The summed E-state index contributed by atoms with van der Waals surface area (Å²) in [6.07, 6.45) is 2.68. The van der Waals surface area contributed by atoms with Crippen molar-refractivity contribution in [1.82, 2.24) is 4.31 Å². The summed E-state index contributed by atoms with van der Waals surface area (Å²) >= 11 is 0. The highest BCUT2D eigenvalue weighted by Crippen LogP contribution is 2.22. The Hall–Kier alpha value is -1.44. The molecule has 6 nitrogen and oxygen atoms in total. The number of anilines is 1. The van der Waals surface area contributed by atoms with Crippen molar-refractivity contribution in [2.24, 2.45) is 0 Å². The second-order valence-electron chi connectivity index (χ2n) is 5.30. The van der Waals surface area contributed by atoms with Gasteiger partial charge in [0.05, 0.1) is 19.4 Å². The Morgan fingerprint density at radius 1 is 1.22 bits per heavy atom. The summed E-state index contributed by atoms with van der Waals surface area (Å²) in [6, 6.07) is 5.90. The number of para-hydroxylation sites is 1. The summed E-state index contributed by atoms with van der Waals surface area (Å²) < 4.78 is 29.5. The van der Waals surface area contributed by atoms with E-state index in [0.717, 1.165) is 40.2 Å². The Morgan fingerprint density at radius 3 is 2.22 bits per heavy atom. The smallest absolute Gasteiger partial charge is 0.239 e. The molecule has 1 amide bonds. The molecule has 7 heteroatoms. The van der Waals surface area contributed by atoms with Gasteiger partial charge in [-0.05, 0) is 24.0 Å². The molecule has 0 saturated carbocycles. The number of hydrogen-bond acceptors (Lipinski definition) is 4. The molecule has 0 aliphatic heterocycles. The predicted octanol–water partition coefficient (Wildman–Crippen LogP) is 1.66. The zero-order chi connectivity index (χ0) is 17.5. The first-order valence-electron chi connectivity index (χ1n) is 7.68. The number of sulfonamides is 1. The molecular weight excluding hydrogens is 316 g/mol. The van der Waals surface area contributed by atoms with Gasteiger partial charge in [0.2, 0.25) is 15.9 Å². The number of nitrogens with one attached hydrogen (secondary N) is 1. The largest absolute Gasteiger partial charge is 0.383 e. The van der Waals surface area contributed by atoms with Gasteiger partial charge in [0.25, 0.3) is 0 Å². The van der Waals surface area contributed by atoms with E-state index in [-0.39, 0.29) is 25.6 Å². The van der Waals surface area contributed by atoms with Gasteiger partial charge in [-0.1, -0.05) is 32.0 Å². The van der Waals surface area contributed by atoms with Gasteiger partial charge in [-0.2, -0.15) is 4.31 Å². The molecule has 0 fully saturated rings. The lowest BCUT2D eigenvalue weighted by Gasteiger charge is -2.20. The molecular formula is C16H26N2O4S. The molecule has 0 unspecified atom stereocenters. The summed E-state index contributed by atoms with van der Waals surface area (Å²) in [5, 5.41) is 2.87. The topological polar surface area (TPSA) is 75.7 Å².